The molecule has 0 radical (unpaired) electrons. The van der Waals surface area contributed by atoms with E-state index in [0.29, 0.717) is 23.7 Å². The summed E-state index contributed by atoms with van der Waals surface area (Å²) in [6, 6.07) is 9.45. The molecule has 2 heterocycles. The number of carbonyl (C=O) groups excluding carboxylic acids is 3. The normalized spacial score (nSPS) is 16.4. The number of nitrogens with zero attached hydrogens (tertiary/aromatic N) is 3. The molecule has 13 heteroatoms. The van der Waals surface area contributed by atoms with Gasteiger partial charge in [0, 0.05) is 19.2 Å². The van der Waals surface area contributed by atoms with Crippen LogP contribution in [-0.4, -0.2) is 73.2 Å². The Balaban J connectivity index is 1.37. The second-order valence-electron chi connectivity index (χ2n) is 7.47. The summed E-state index contributed by atoms with van der Waals surface area (Å²) in [6.45, 7) is 0.250. The fourth-order valence-electron chi connectivity index (χ4n) is 3.64. The number of hydrogen-bond donors (Lipinski definition) is 0. The Bertz CT molecular complexity index is 1270. The summed E-state index contributed by atoms with van der Waals surface area (Å²) in [5.74, 6) is -2.66. The summed E-state index contributed by atoms with van der Waals surface area (Å²) in [5.41, 5.74) is -0.530. The zero-order chi connectivity index (χ0) is 24.5. The van der Waals surface area contributed by atoms with E-state index in [9.17, 15) is 32.9 Å². The SMILES string of the molecule is O=C(CN1C(=O)c2cccc([N+](=O)[O-])c2C1=O)OCc1ccc(S(=O)(=O)N2CCOCC2)cc1. The Hall–Kier alpha value is -3.68. The lowest BCUT2D eigenvalue weighted by Crippen LogP contribution is -2.40. The summed E-state index contributed by atoms with van der Waals surface area (Å²) < 4.78 is 36.9. The third-order valence-corrected chi connectivity index (χ3v) is 7.30. The van der Waals surface area contributed by atoms with Crippen LogP contribution in [0.3, 0.4) is 0 Å². The molecule has 0 N–H and O–H groups in total. The van der Waals surface area contributed by atoms with Crippen LogP contribution in [0.25, 0.3) is 0 Å². The van der Waals surface area contributed by atoms with Gasteiger partial charge in [0.05, 0.1) is 28.6 Å². The van der Waals surface area contributed by atoms with Crippen molar-refractivity contribution in [2.75, 3.05) is 32.8 Å². The predicted molar refractivity (Wildman–Crippen MR) is 114 cm³/mol. The summed E-state index contributed by atoms with van der Waals surface area (Å²) in [5, 5.41) is 11.2. The minimum absolute atomic E-state index is 0.0945. The van der Waals surface area contributed by atoms with Crippen LogP contribution in [0.2, 0.25) is 0 Å². The van der Waals surface area contributed by atoms with E-state index in [0.717, 1.165) is 6.07 Å². The van der Waals surface area contributed by atoms with Gasteiger partial charge >= 0.3 is 5.97 Å². The largest absolute Gasteiger partial charge is 0.459 e. The van der Waals surface area contributed by atoms with Crippen LogP contribution >= 0.6 is 0 Å². The van der Waals surface area contributed by atoms with Crippen LogP contribution in [-0.2, 0) is 30.9 Å². The number of fused-ring (bicyclic) bond motifs is 1. The van der Waals surface area contributed by atoms with Crippen molar-refractivity contribution in [3.8, 4) is 0 Å². The third kappa shape index (κ3) is 4.40. The Morgan fingerprint density at radius 2 is 1.74 bits per heavy atom. The molecule has 0 aliphatic carbocycles. The lowest BCUT2D eigenvalue weighted by Gasteiger charge is -2.26. The Kier molecular flexibility index (Phi) is 6.41. The van der Waals surface area contributed by atoms with Crippen molar-refractivity contribution in [1.29, 1.82) is 0 Å². The first-order valence-corrected chi connectivity index (χ1v) is 11.6. The first kappa shape index (κ1) is 23.5. The number of rotatable bonds is 7. The number of amides is 2. The van der Waals surface area contributed by atoms with Crippen LogP contribution in [0.15, 0.2) is 47.4 Å². The van der Waals surface area contributed by atoms with Gasteiger partial charge in [-0.3, -0.25) is 29.4 Å². The molecule has 0 bridgehead atoms. The molecular weight excluding hydrogens is 470 g/mol. The van der Waals surface area contributed by atoms with Gasteiger partial charge in [0.2, 0.25) is 10.0 Å². The maximum atomic E-state index is 12.7. The Morgan fingerprint density at radius 3 is 2.38 bits per heavy atom. The van der Waals surface area contributed by atoms with Gasteiger partial charge in [0.1, 0.15) is 18.7 Å². The Labute approximate surface area is 193 Å². The van der Waals surface area contributed by atoms with Gasteiger partial charge in [-0.1, -0.05) is 18.2 Å². The maximum Gasteiger partial charge on any atom is 0.326 e. The van der Waals surface area contributed by atoms with Crippen LogP contribution in [0.1, 0.15) is 26.3 Å². The molecule has 2 aromatic carbocycles. The number of nitro groups is 1. The van der Waals surface area contributed by atoms with Crippen LogP contribution in [0, 0.1) is 10.1 Å². The average Bonchev–Trinajstić information content (AvgIpc) is 3.08. The third-order valence-electron chi connectivity index (χ3n) is 5.39. The first-order chi connectivity index (χ1) is 16.2. The first-order valence-electron chi connectivity index (χ1n) is 10.2. The van der Waals surface area contributed by atoms with Crippen molar-refractivity contribution in [3.63, 3.8) is 0 Å². The van der Waals surface area contributed by atoms with E-state index in [1.807, 2.05) is 0 Å². The van der Waals surface area contributed by atoms with Crippen molar-refractivity contribution < 1.29 is 37.2 Å². The van der Waals surface area contributed by atoms with Crippen LogP contribution in [0.4, 0.5) is 5.69 Å². The topological polar surface area (TPSA) is 153 Å². The van der Waals surface area contributed by atoms with Crippen molar-refractivity contribution in [2.45, 2.75) is 11.5 Å². The van der Waals surface area contributed by atoms with E-state index in [1.54, 1.807) is 0 Å². The minimum Gasteiger partial charge on any atom is -0.459 e. The van der Waals surface area contributed by atoms with Gasteiger partial charge in [0.25, 0.3) is 17.5 Å². The quantitative estimate of drug-likeness (QED) is 0.239. The second-order valence-corrected chi connectivity index (χ2v) is 9.41. The van der Waals surface area contributed by atoms with Gasteiger partial charge in [-0.25, -0.2) is 8.42 Å². The van der Waals surface area contributed by atoms with Crippen molar-refractivity contribution in [3.05, 3.63) is 69.3 Å². The molecule has 0 saturated carbocycles. The van der Waals surface area contributed by atoms with Gasteiger partial charge in [-0.05, 0) is 23.8 Å². The molecule has 178 valence electrons. The predicted octanol–water partition coefficient (Wildman–Crippen LogP) is 0.955. The lowest BCUT2D eigenvalue weighted by atomic mass is 10.1. The summed E-state index contributed by atoms with van der Waals surface area (Å²) in [6.07, 6.45) is 0. The summed E-state index contributed by atoms with van der Waals surface area (Å²) in [7, 11) is -3.66. The highest BCUT2D eigenvalue weighted by Crippen LogP contribution is 2.30. The number of imide groups is 1. The molecule has 2 amide bonds. The summed E-state index contributed by atoms with van der Waals surface area (Å²) in [4.78, 5) is 48.3. The zero-order valence-corrected chi connectivity index (χ0v) is 18.5. The van der Waals surface area contributed by atoms with E-state index in [2.05, 4.69) is 0 Å². The molecule has 0 aromatic heterocycles. The highest BCUT2D eigenvalue weighted by molar-refractivity contribution is 7.89. The fraction of sp³-hybridized carbons (Fsp3) is 0.286. The van der Waals surface area contributed by atoms with E-state index >= 15 is 0 Å². The minimum atomic E-state index is -3.66. The van der Waals surface area contributed by atoms with Gasteiger partial charge < -0.3 is 9.47 Å². The average molecular weight is 489 g/mol. The van der Waals surface area contributed by atoms with Gasteiger partial charge in [-0.15, -0.1) is 0 Å². The molecule has 2 aliphatic heterocycles. The van der Waals surface area contributed by atoms with Crippen molar-refractivity contribution in [1.82, 2.24) is 9.21 Å². The number of sulfonamides is 1. The van der Waals surface area contributed by atoms with E-state index in [4.69, 9.17) is 9.47 Å². The van der Waals surface area contributed by atoms with Crippen molar-refractivity contribution >= 4 is 33.5 Å². The van der Waals surface area contributed by atoms with Crippen LogP contribution < -0.4 is 0 Å². The molecule has 0 unspecified atom stereocenters. The highest BCUT2D eigenvalue weighted by Gasteiger charge is 2.42. The van der Waals surface area contributed by atoms with Gasteiger partial charge in [-0.2, -0.15) is 4.31 Å². The number of hydrogen-bond acceptors (Lipinski definition) is 9. The molecule has 2 aliphatic rings. The van der Waals surface area contributed by atoms with Crippen molar-refractivity contribution in [2.24, 2.45) is 0 Å². The number of ether oxygens (including phenoxy) is 2. The Morgan fingerprint density at radius 1 is 1.06 bits per heavy atom. The molecule has 34 heavy (non-hydrogen) atoms. The standard InChI is InChI=1S/C21H19N3O9S/c25-18(12-23-20(26)16-2-1-3-17(24(28)29)19(16)21(23)27)33-13-14-4-6-15(7-5-14)34(30,31)22-8-10-32-11-9-22/h1-7H,8-13H2. The molecule has 0 atom stereocenters. The van der Waals surface area contributed by atoms with Gasteiger partial charge in [0.15, 0.2) is 0 Å². The molecule has 12 nitrogen and oxygen atoms in total. The number of nitro benzene ring substituents is 1. The molecule has 1 fully saturated rings. The second kappa shape index (κ2) is 9.29. The smallest absolute Gasteiger partial charge is 0.326 e. The molecule has 4 rings (SSSR count). The highest BCUT2D eigenvalue weighted by atomic mass is 32.2. The molecule has 1 saturated heterocycles. The fourth-order valence-corrected chi connectivity index (χ4v) is 5.05. The van der Waals surface area contributed by atoms with Crippen LogP contribution in [0.5, 0.6) is 0 Å². The van der Waals surface area contributed by atoms with E-state index < -0.39 is 45.0 Å². The monoisotopic (exact) mass is 489 g/mol. The summed E-state index contributed by atoms with van der Waals surface area (Å²) >= 11 is 0. The lowest BCUT2D eigenvalue weighted by molar-refractivity contribution is -0.385. The number of morpholine rings is 1. The van der Waals surface area contributed by atoms with E-state index in [-0.39, 0.29) is 35.7 Å². The molecule has 0 spiro atoms. The maximum absolute atomic E-state index is 12.7. The number of esters is 1. The zero-order valence-electron chi connectivity index (χ0n) is 17.7. The number of carbonyl (C=O) groups is 3. The molecular formula is C21H19N3O9S. The number of benzene rings is 2. The molecule has 2 aromatic rings. The van der Waals surface area contributed by atoms with E-state index in [1.165, 1.54) is 40.7 Å².